The van der Waals surface area contributed by atoms with Crippen LogP contribution in [0, 0.1) is 5.92 Å². The van der Waals surface area contributed by atoms with E-state index in [9.17, 15) is 27.6 Å². The molecule has 2 N–H and O–H groups in total. The molecule has 0 saturated heterocycles. The Labute approximate surface area is 187 Å². The van der Waals surface area contributed by atoms with Crippen LogP contribution in [0.2, 0.25) is 0 Å². The van der Waals surface area contributed by atoms with Crippen molar-refractivity contribution in [2.45, 2.75) is 51.2 Å². The van der Waals surface area contributed by atoms with E-state index in [2.05, 4.69) is 25.3 Å². The minimum absolute atomic E-state index is 0.0544. The van der Waals surface area contributed by atoms with Gasteiger partial charge in [0.25, 0.3) is 0 Å². The third-order valence-electron chi connectivity index (χ3n) is 5.32. The van der Waals surface area contributed by atoms with Crippen molar-refractivity contribution < 1.29 is 32.3 Å². The quantitative estimate of drug-likeness (QED) is 0.475. The lowest BCUT2D eigenvalue weighted by Crippen LogP contribution is -2.27. The number of ether oxygens (including phenoxy) is 1. The molecule has 2 aromatic heterocycles. The summed E-state index contributed by atoms with van der Waals surface area (Å²) in [6.07, 6.45) is 2.74. The largest absolute Gasteiger partial charge is 0.459 e. The first kappa shape index (κ1) is 24.2. The van der Waals surface area contributed by atoms with E-state index in [4.69, 9.17) is 0 Å². The molecule has 1 atom stereocenters. The lowest BCUT2D eigenvalue weighted by molar-refractivity contribution is -0.152. The van der Waals surface area contributed by atoms with Crippen molar-refractivity contribution >= 4 is 29.3 Å². The topological polar surface area (TPSA) is 115 Å². The molecule has 1 aliphatic carbocycles. The van der Waals surface area contributed by atoms with Gasteiger partial charge in [0.05, 0.1) is 24.8 Å². The third-order valence-corrected chi connectivity index (χ3v) is 5.32. The predicted molar refractivity (Wildman–Crippen MR) is 111 cm³/mol. The third kappa shape index (κ3) is 6.53. The molecule has 12 heteroatoms. The minimum Gasteiger partial charge on any atom is -0.459 e. The van der Waals surface area contributed by atoms with Crippen LogP contribution < -0.4 is 10.6 Å². The molecule has 3 rings (SSSR count). The van der Waals surface area contributed by atoms with Gasteiger partial charge in [0.1, 0.15) is 11.9 Å². The van der Waals surface area contributed by atoms with Gasteiger partial charge in [-0.05, 0) is 31.4 Å². The zero-order valence-corrected chi connectivity index (χ0v) is 17.9. The molecular formula is C21H24F3N5O4. The fourth-order valence-electron chi connectivity index (χ4n) is 3.71. The highest BCUT2D eigenvalue weighted by Gasteiger charge is 2.35. The standard InChI is InChI=1S/C21H24F3N5O4/c1-2-33-20(32)19(31)27-14-7-8-17(25-10-14)28-18(30)15(9-13-5-3-4-6-13)29-11-16(26-12-29)21(22,23)24/h7-8,10-13,15H,2-6,9H2,1H3,(H,27,31)(H,25,28,30)/t15-/m0/s1. The lowest BCUT2D eigenvalue weighted by Gasteiger charge is -2.21. The zero-order chi connectivity index (χ0) is 24.0. The smallest absolute Gasteiger partial charge is 0.434 e. The van der Waals surface area contributed by atoms with Crippen LogP contribution in [0.3, 0.4) is 0 Å². The molecule has 2 heterocycles. The van der Waals surface area contributed by atoms with E-state index < -0.39 is 35.7 Å². The van der Waals surface area contributed by atoms with E-state index in [0.717, 1.165) is 38.2 Å². The van der Waals surface area contributed by atoms with Crippen LogP contribution in [0.4, 0.5) is 24.7 Å². The van der Waals surface area contributed by atoms with Gasteiger partial charge in [-0.25, -0.2) is 14.8 Å². The summed E-state index contributed by atoms with van der Waals surface area (Å²) in [6, 6.07) is 1.94. The van der Waals surface area contributed by atoms with Crippen molar-refractivity contribution in [2.75, 3.05) is 17.2 Å². The summed E-state index contributed by atoms with van der Waals surface area (Å²) in [6.45, 7) is 1.62. The molecule has 33 heavy (non-hydrogen) atoms. The predicted octanol–water partition coefficient (Wildman–Crippen LogP) is 3.56. The lowest BCUT2D eigenvalue weighted by atomic mass is 9.97. The van der Waals surface area contributed by atoms with Crippen LogP contribution in [-0.2, 0) is 25.3 Å². The molecule has 9 nitrogen and oxygen atoms in total. The summed E-state index contributed by atoms with van der Waals surface area (Å²) in [5, 5.41) is 4.91. The number of carbonyl (C=O) groups is 3. The van der Waals surface area contributed by atoms with Crippen molar-refractivity contribution in [1.29, 1.82) is 0 Å². The summed E-state index contributed by atoms with van der Waals surface area (Å²) in [7, 11) is 0. The van der Waals surface area contributed by atoms with Gasteiger partial charge in [0, 0.05) is 6.20 Å². The van der Waals surface area contributed by atoms with Crippen molar-refractivity contribution in [3.63, 3.8) is 0 Å². The molecule has 0 aromatic carbocycles. The second-order valence-corrected chi connectivity index (χ2v) is 7.70. The highest BCUT2D eigenvalue weighted by atomic mass is 19.4. The van der Waals surface area contributed by atoms with Crippen LogP contribution in [0.25, 0.3) is 0 Å². The number of hydrogen-bond donors (Lipinski definition) is 2. The van der Waals surface area contributed by atoms with Gasteiger partial charge >= 0.3 is 18.1 Å². The Balaban J connectivity index is 1.70. The van der Waals surface area contributed by atoms with Crippen molar-refractivity contribution in [1.82, 2.24) is 14.5 Å². The number of nitrogens with one attached hydrogen (secondary N) is 2. The van der Waals surface area contributed by atoms with Crippen molar-refractivity contribution in [3.8, 4) is 0 Å². The molecule has 0 radical (unpaired) electrons. The molecule has 0 bridgehead atoms. The van der Waals surface area contributed by atoms with Crippen molar-refractivity contribution in [2.24, 2.45) is 5.92 Å². The summed E-state index contributed by atoms with van der Waals surface area (Å²) in [4.78, 5) is 43.5. The van der Waals surface area contributed by atoms with Gasteiger partial charge < -0.3 is 19.9 Å². The summed E-state index contributed by atoms with van der Waals surface area (Å²) >= 11 is 0. The highest BCUT2D eigenvalue weighted by molar-refractivity contribution is 6.37. The Morgan fingerprint density at radius 3 is 2.48 bits per heavy atom. The van der Waals surface area contributed by atoms with E-state index in [1.165, 1.54) is 22.9 Å². The molecule has 1 aliphatic rings. The second kappa shape index (κ2) is 10.5. The molecule has 0 unspecified atom stereocenters. The van der Waals surface area contributed by atoms with Crippen LogP contribution in [0.15, 0.2) is 30.9 Å². The average molecular weight is 467 g/mol. The number of anilines is 2. The number of rotatable bonds is 7. The monoisotopic (exact) mass is 467 g/mol. The molecule has 0 spiro atoms. The number of imidazole rings is 1. The van der Waals surface area contributed by atoms with Gasteiger partial charge in [-0.2, -0.15) is 13.2 Å². The number of hydrogen-bond acceptors (Lipinski definition) is 6. The van der Waals surface area contributed by atoms with Gasteiger partial charge in [0.2, 0.25) is 5.91 Å². The first-order valence-corrected chi connectivity index (χ1v) is 10.5. The molecule has 2 aromatic rings. The Morgan fingerprint density at radius 2 is 1.91 bits per heavy atom. The SMILES string of the molecule is CCOC(=O)C(=O)Nc1ccc(NC(=O)[C@H](CC2CCCC2)n2cnc(C(F)(F)F)c2)nc1. The number of carbonyl (C=O) groups excluding carboxylic acids is 3. The molecule has 1 saturated carbocycles. The number of halogens is 3. The summed E-state index contributed by atoms with van der Waals surface area (Å²) in [5.41, 5.74) is -0.857. The number of pyridine rings is 1. The molecule has 178 valence electrons. The van der Waals surface area contributed by atoms with E-state index in [1.807, 2.05) is 0 Å². The first-order chi connectivity index (χ1) is 15.7. The van der Waals surface area contributed by atoms with E-state index in [0.29, 0.717) is 6.42 Å². The maximum Gasteiger partial charge on any atom is 0.434 e. The number of aromatic nitrogens is 3. The maximum absolute atomic E-state index is 13.0. The Kier molecular flexibility index (Phi) is 7.67. The molecule has 0 aliphatic heterocycles. The van der Waals surface area contributed by atoms with Crippen LogP contribution in [0.5, 0.6) is 0 Å². The van der Waals surface area contributed by atoms with Gasteiger partial charge in [-0.1, -0.05) is 25.7 Å². The average Bonchev–Trinajstić information content (AvgIpc) is 3.45. The Morgan fingerprint density at radius 1 is 1.18 bits per heavy atom. The molecule has 1 fully saturated rings. The summed E-state index contributed by atoms with van der Waals surface area (Å²) < 4.78 is 44.8. The number of esters is 1. The fourth-order valence-corrected chi connectivity index (χ4v) is 3.71. The first-order valence-electron chi connectivity index (χ1n) is 10.5. The summed E-state index contributed by atoms with van der Waals surface area (Å²) in [5.74, 6) is -2.16. The fraction of sp³-hybridized carbons (Fsp3) is 0.476. The zero-order valence-electron chi connectivity index (χ0n) is 17.9. The van der Waals surface area contributed by atoms with E-state index in [1.54, 1.807) is 6.92 Å². The maximum atomic E-state index is 13.0. The van der Waals surface area contributed by atoms with Crippen LogP contribution in [0.1, 0.15) is 50.8 Å². The van der Waals surface area contributed by atoms with Crippen LogP contribution in [-0.4, -0.2) is 38.9 Å². The Hall–Kier alpha value is -3.44. The Bertz CT molecular complexity index is 985. The minimum atomic E-state index is -4.61. The second-order valence-electron chi connectivity index (χ2n) is 7.70. The van der Waals surface area contributed by atoms with Gasteiger partial charge in [-0.3, -0.25) is 9.59 Å². The van der Waals surface area contributed by atoms with Gasteiger partial charge in [-0.15, -0.1) is 0 Å². The molecule has 2 amide bonds. The van der Waals surface area contributed by atoms with Crippen molar-refractivity contribution in [3.05, 3.63) is 36.5 Å². The van der Waals surface area contributed by atoms with E-state index in [-0.39, 0.29) is 24.0 Å². The normalized spacial score (nSPS) is 15.2. The number of amides is 2. The number of alkyl halides is 3. The van der Waals surface area contributed by atoms with E-state index >= 15 is 0 Å². The highest BCUT2D eigenvalue weighted by Crippen LogP contribution is 2.34. The van der Waals surface area contributed by atoms with Crippen LogP contribution >= 0.6 is 0 Å². The molecular weight excluding hydrogens is 443 g/mol. The number of nitrogens with zero attached hydrogens (tertiary/aromatic N) is 3. The van der Waals surface area contributed by atoms with Gasteiger partial charge in [0.15, 0.2) is 5.69 Å².